The Kier molecular flexibility index (Phi) is 16.2. The minimum atomic E-state index is -1.74. The first kappa shape index (κ1) is 46.0. The summed E-state index contributed by atoms with van der Waals surface area (Å²) in [6.45, 7) is 7.02. The van der Waals surface area contributed by atoms with Crippen LogP contribution in [-0.4, -0.2) is 135 Å². The quantitative estimate of drug-likeness (QED) is 0.119. The third-order valence-electron chi connectivity index (χ3n) is 10.6. The maximum absolute atomic E-state index is 14.2. The molecule has 0 spiro atoms. The van der Waals surface area contributed by atoms with Gasteiger partial charge in [-0.2, -0.15) is 0 Å². The third-order valence-corrected chi connectivity index (χ3v) is 10.6. The molecular weight excluding hydrogens is 763 g/mol. The number of carbonyl (C=O) groups excluding carboxylic acids is 5. The molecule has 2 fully saturated rings. The summed E-state index contributed by atoms with van der Waals surface area (Å²) >= 11 is 0. The van der Waals surface area contributed by atoms with Crippen molar-refractivity contribution in [1.29, 1.82) is 0 Å². The van der Waals surface area contributed by atoms with Crippen LogP contribution in [0.5, 0.6) is 0 Å². The van der Waals surface area contributed by atoms with Gasteiger partial charge in [0.1, 0.15) is 35.8 Å². The molecule has 2 saturated heterocycles. The molecule has 2 aromatic carbocycles. The van der Waals surface area contributed by atoms with Gasteiger partial charge in [-0.3, -0.25) is 24.1 Å². The van der Waals surface area contributed by atoms with Gasteiger partial charge in [0.2, 0.25) is 23.6 Å². The fourth-order valence-corrected chi connectivity index (χ4v) is 7.53. The summed E-state index contributed by atoms with van der Waals surface area (Å²) in [5.74, 6) is -3.45. The van der Waals surface area contributed by atoms with E-state index in [1.807, 2.05) is 36.4 Å². The van der Waals surface area contributed by atoms with E-state index >= 15 is 0 Å². The van der Waals surface area contributed by atoms with E-state index < -0.39 is 83.6 Å². The van der Waals surface area contributed by atoms with Crippen molar-refractivity contribution in [3.05, 3.63) is 71.8 Å². The van der Waals surface area contributed by atoms with Crippen LogP contribution in [0, 0.1) is 0 Å². The molecule has 0 bridgehead atoms. The lowest BCUT2D eigenvalue weighted by Gasteiger charge is -2.41. The molecule has 7 N–H and O–H groups in total. The molecule has 2 aromatic rings. The Labute approximate surface area is 345 Å². The number of hydrogen-bond donors (Lipinski definition) is 6. The van der Waals surface area contributed by atoms with E-state index in [2.05, 4.69) is 16.0 Å². The van der Waals surface area contributed by atoms with Gasteiger partial charge in [0.05, 0.1) is 0 Å². The maximum atomic E-state index is 14.2. The number of amides is 6. The van der Waals surface area contributed by atoms with Crippen molar-refractivity contribution in [2.45, 2.75) is 114 Å². The molecule has 6 amide bonds. The van der Waals surface area contributed by atoms with Crippen molar-refractivity contribution >= 4 is 41.8 Å². The van der Waals surface area contributed by atoms with E-state index in [1.54, 1.807) is 52.0 Å². The molecule has 17 heteroatoms. The second kappa shape index (κ2) is 20.8. The number of likely N-dealkylation sites (tertiary alicyclic amines) is 2. The van der Waals surface area contributed by atoms with Crippen molar-refractivity contribution in [2.24, 2.45) is 5.73 Å². The minimum absolute atomic E-state index is 0.0478. The van der Waals surface area contributed by atoms with Gasteiger partial charge in [0.15, 0.2) is 0 Å². The lowest BCUT2D eigenvalue weighted by molar-refractivity contribution is -0.152. The average molecular weight is 822 g/mol. The standard InChI is InChI=1S/C42H59N7O10/c1-28-25-32(36(52)49(28)33(17-11-12-21-43)37(53)47-23-19-42(20-24-47,38(54)55)46-39(56)57)45-35(51)31(26-30-15-9-6-10-16-30)44-34(50)27-48(40(58)59-41(2,3)4)22-18-29-13-7-5-8-14-29/h5-10,13-16,28,31-33,46H,11-12,17-27,43H2,1-4H3,(H,44,50)(H,45,51)(H,54,55)(H,56,57)/t28?,31?,32-,33?/m1/s1. The summed E-state index contributed by atoms with van der Waals surface area (Å²) in [5.41, 5.74) is 4.89. The molecule has 0 radical (unpaired) electrons. The number of carboxylic acid groups (broad SMARTS) is 2. The molecule has 0 aromatic heterocycles. The first-order valence-electron chi connectivity index (χ1n) is 20.1. The number of carboxylic acids is 1. The average Bonchev–Trinajstić information content (AvgIpc) is 3.45. The second-order valence-electron chi connectivity index (χ2n) is 16.3. The summed E-state index contributed by atoms with van der Waals surface area (Å²) < 4.78 is 5.60. The third kappa shape index (κ3) is 13.1. The smallest absolute Gasteiger partial charge is 0.410 e. The van der Waals surface area contributed by atoms with Crippen LogP contribution in [0.3, 0.4) is 0 Å². The highest BCUT2D eigenvalue weighted by Gasteiger charge is 2.48. The highest BCUT2D eigenvalue weighted by molar-refractivity contribution is 5.96. The Morgan fingerprint density at radius 2 is 1.56 bits per heavy atom. The lowest BCUT2D eigenvalue weighted by atomic mass is 9.87. The van der Waals surface area contributed by atoms with Gasteiger partial charge in [-0.25, -0.2) is 14.4 Å². The highest BCUT2D eigenvalue weighted by Crippen LogP contribution is 2.29. The van der Waals surface area contributed by atoms with Crippen LogP contribution in [0.1, 0.15) is 77.3 Å². The van der Waals surface area contributed by atoms with Crippen molar-refractivity contribution in [1.82, 2.24) is 30.7 Å². The predicted octanol–water partition coefficient (Wildman–Crippen LogP) is 2.51. The summed E-state index contributed by atoms with van der Waals surface area (Å²) in [6, 6.07) is 14.9. The summed E-state index contributed by atoms with van der Waals surface area (Å²) in [7, 11) is 0. The fourth-order valence-electron chi connectivity index (χ4n) is 7.53. The molecule has 59 heavy (non-hydrogen) atoms. The van der Waals surface area contributed by atoms with Crippen molar-refractivity contribution in [3.8, 4) is 0 Å². The maximum Gasteiger partial charge on any atom is 0.410 e. The Morgan fingerprint density at radius 3 is 2.12 bits per heavy atom. The number of aliphatic carboxylic acids is 1. The highest BCUT2D eigenvalue weighted by atomic mass is 16.6. The zero-order valence-electron chi connectivity index (χ0n) is 34.4. The van der Waals surface area contributed by atoms with Gasteiger partial charge in [-0.15, -0.1) is 0 Å². The summed E-state index contributed by atoms with van der Waals surface area (Å²) in [5, 5.41) is 26.8. The fraction of sp³-hybridized carbons (Fsp3) is 0.548. The summed E-state index contributed by atoms with van der Waals surface area (Å²) in [6.07, 6.45) is -0.393. The monoisotopic (exact) mass is 821 g/mol. The predicted molar refractivity (Wildman–Crippen MR) is 217 cm³/mol. The molecule has 0 saturated carbocycles. The van der Waals surface area contributed by atoms with E-state index in [0.29, 0.717) is 25.8 Å². The molecular formula is C42H59N7O10. The topological polar surface area (TPSA) is 241 Å². The summed E-state index contributed by atoms with van der Waals surface area (Å²) in [4.78, 5) is 97.0. The molecule has 322 valence electrons. The van der Waals surface area contributed by atoms with Crippen LogP contribution in [-0.2, 0) is 41.6 Å². The van der Waals surface area contributed by atoms with Crippen LogP contribution in [0.25, 0.3) is 0 Å². The molecule has 17 nitrogen and oxygen atoms in total. The van der Waals surface area contributed by atoms with Crippen molar-refractivity contribution in [3.63, 3.8) is 0 Å². The number of unbranched alkanes of at least 4 members (excludes halogenated alkanes) is 1. The van der Waals surface area contributed by atoms with Gasteiger partial charge in [-0.05, 0) is 90.3 Å². The van der Waals surface area contributed by atoms with Gasteiger partial charge < -0.3 is 46.4 Å². The number of rotatable bonds is 18. The number of benzene rings is 2. The van der Waals surface area contributed by atoms with Crippen LogP contribution in [0.4, 0.5) is 9.59 Å². The zero-order chi connectivity index (χ0) is 43.3. The van der Waals surface area contributed by atoms with Gasteiger partial charge >= 0.3 is 18.2 Å². The molecule has 4 rings (SSSR count). The van der Waals surface area contributed by atoms with E-state index in [-0.39, 0.29) is 51.7 Å². The van der Waals surface area contributed by atoms with Crippen LogP contribution in [0.15, 0.2) is 60.7 Å². The van der Waals surface area contributed by atoms with Gasteiger partial charge in [0.25, 0.3) is 0 Å². The number of hydrogen-bond acceptors (Lipinski definition) is 9. The first-order chi connectivity index (χ1) is 27.9. The molecule has 2 heterocycles. The van der Waals surface area contributed by atoms with Crippen LogP contribution < -0.4 is 21.7 Å². The number of piperidine rings is 1. The molecule has 2 aliphatic rings. The lowest BCUT2D eigenvalue weighted by Crippen LogP contribution is -2.62. The number of carbonyl (C=O) groups is 7. The van der Waals surface area contributed by atoms with Crippen LogP contribution >= 0.6 is 0 Å². The van der Waals surface area contributed by atoms with Crippen molar-refractivity contribution < 1.29 is 48.5 Å². The van der Waals surface area contributed by atoms with Crippen molar-refractivity contribution in [2.75, 3.05) is 32.7 Å². The second-order valence-corrected chi connectivity index (χ2v) is 16.3. The molecule has 4 atom stereocenters. The first-order valence-corrected chi connectivity index (χ1v) is 20.1. The van der Waals surface area contributed by atoms with E-state index in [9.17, 15) is 43.8 Å². The van der Waals surface area contributed by atoms with Gasteiger partial charge in [-0.1, -0.05) is 60.7 Å². The van der Waals surface area contributed by atoms with Gasteiger partial charge in [0, 0.05) is 32.1 Å². The number of ether oxygens (including phenoxy) is 1. The number of nitrogens with two attached hydrogens (primary N) is 1. The molecule has 0 aliphatic carbocycles. The largest absolute Gasteiger partial charge is 0.480 e. The Morgan fingerprint density at radius 1 is 0.949 bits per heavy atom. The Balaban J connectivity index is 1.50. The Hall–Kier alpha value is -5.71. The minimum Gasteiger partial charge on any atom is -0.480 e. The van der Waals surface area contributed by atoms with E-state index in [0.717, 1.165) is 11.1 Å². The van der Waals surface area contributed by atoms with Crippen LogP contribution in [0.2, 0.25) is 0 Å². The molecule has 3 unspecified atom stereocenters. The van der Waals surface area contributed by atoms with E-state index in [4.69, 9.17) is 10.5 Å². The number of nitrogens with zero attached hydrogens (tertiary/aromatic N) is 3. The molecule has 2 aliphatic heterocycles. The SMILES string of the molecule is CC1C[C@@H](NC(=O)C(Cc2ccccc2)NC(=O)CN(CCc2ccccc2)C(=O)OC(C)(C)C)C(=O)N1C(CCCCN)C(=O)N1CCC(NC(=O)O)(C(=O)O)CC1. The Bertz CT molecular complexity index is 1780. The normalized spacial score (nSPS) is 18.6. The van der Waals surface area contributed by atoms with E-state index in [1.165, 1.54) is 14.7 Å². The number of nitrogens with one attached hydrogen (secondary N) is 3. The zero-order valence-corrected chi connectivity index (χ0v) is 34.4.